The van der Waals surface area contributed by atoms with E-state index in [1.54, 1.807) is 6.08 Å². The standard InChI is InChI=1S/C16H26O2Si/c1-16(2,3)15(18-19(4)5)14-10-8-13(9-11-14)7-6-12-17/h6-11,15,17,19H,12H2,1-5H3/b7-6+. The molecule has 1 unspecified atom stereocenters. The van der Waals surface area contributed by atoms with Crippen LogP contribution in [0.3, 0.4) is 0 Å². The number of aliphatic hydroxyl groups is 1. The van der Waals surface area contributed by atoms with Crippen LogP contribution in [0, 0.1) is 5.41 Å². The van der Waals surface area contributed by atoms with Crippen LogP contribution in [0.25, 0.3) is 6.08 Å². The van der Waals surface area contributed by atoms with Gasteiger partial charge >= 0.3 is 0 Å². The maximum Gasteiger partial charge on any atom is 0.171 e. The summed E-state index contributed by atoms with van der Waals surface area (Å²) in [5, 5.41) is 8.77. The van der Waals surface area contributed by atoms with E-state index in [2.05, 4.69) is 58.1 Å². The van der Waals surface area contributed by atoms with Crippen molar-refractivity contribution in [2.45, 2.75) is 40.0 Å². The first kappa shape index (κ1) is 16.2. The minimum absolute atomic E-state index is 0.0778. The van der Waals surface area contributed by atoms with Crippen LogP contribution in [0.15, 0.2) is 30.3 Å². The van der Waals surface area contributed by atoms with Gasteiger partial charge in [0.25, 0.3) is 0 Å². The Balaban J connectivity index is 2.94. The second kappa shape index (κ2) is 7.03. The molecule has 0 fully saturated rings. The third-order valence-corrected chi connectivity index (χ3v) is 3.67. The average molecular weight is 278 g/mol. The Kier molecular flexibility index (Phi) is 5.98. The SMILES string of the molecule is C[SiH](C)OC(c1ccc(/C=C/CO)cc1)C(C)(C)C. The summed E-state index contributed by atoms with van der Waals surface area (Å²) in [6.45, 7) is 11.1. The smallest absolute Gasteiger partial charge is 0.171 e. The predicted molar refractivity (Wildman–Crippen MR) is 84.7 cm³/mol. The van der Waals surface area contributed by atoms with E-state index in [4.69, 9.17) is 9.53 Å². The third-order valence-electron chi connectivity index (χ3n) is 2.85. The highest BCUT2D eigenvalue weighted by Crippen LogP contribution is 2.36. The van der Waals surface area contributed by atoms with E-state index >= 15 is 0 Å². The molecule has 2 nitrogen and oxygen atoms in total. The van der Waals surface area contributed by atoms with Gasteiger partial charge in [-0.3, -0.25) is 0 Å². The zero-order valence-corrected chi connectivity index (χ0v) is 13.8. The summed E-state index contributed by atoms with van der Waals surface area (Å²) in [5.74, 6) is 0. The van der Waals surface area contributed by atoms with Gasteiger partial charge in [0.05, 0.1) is 12.7 Å². The van der Waals surface area contributed by atoms with Crippen molar-refractivity contribution in [1.29, 1.82) is 0 Å². The first-order valence-corrected chi connectivity index (χ1v) is 9.65. The molecule has 0 saturated carbocycles. The zero-order valence-electron chi connectivity index (χ0n) is 12.7. The molecule has 0 amide bonds. The lowest BCUT2D eigenvalue weighted by Gasteiger charge is -2.33. The Labute approximate surface area is 118 Å². The summed E-state index contributed by atoms with van der Waals surface area (Å²) in [7, 11) is -1.08. The van der Waals surface area contributed by atoms with Gasteiger partial charge in [0.15, 0.2) is 9.04 Å². The Morgan fingerprint density at radius 3 is 2.21 bits per heavy atom. The van der Waals surface area contributed by atoms with E-state index in [0.29, 0.717) is 0 Å². The number of rotatable bonds is 5. The second-order valence-corrected chi connectivity index (χ2v) is 8.55. The maximum absolute atomic E-state index is 8.77. The molecule has 0 aliphatic rings. The van der Waals surface area contributed by atoms with Crippen LogP contribution in [-0.4, -0.2) is 20.8 Å². The molecule has 1 N–H and O–H groups in total. The Morgan fingerprint density at radius 1 is 1.21 bits per heavy atom. The van der Waals surface area contributed by atoms with Crippen LogP contribution in [0.5, 0.6) is 0 Å². The molecule has 0 heterocycles. The molecule has 1 aromatic rings. The molecular formula is C16H26O2Si. The summed E-state index contributed by atoms with van der Waals surface area (Å²) < 4.78 is 6.20. The molecule has 106 valence electrons. The molecule has 0 saturated heterocycles. The van der Waals surface area contributed by atoms with Crippen molar-refractivity contribution in [3.63, 3.8) is 0 Å². The van der Waals surface area contributed by atoms with Gasteiger partial charge in [0.2, 0.25) is 0 Å². The molecule has 0 aromatic heterocycles. The van der Waals surface area contributed by atoms with Crippen molar-refractivity contribution in [2.75, 3.05) is 6.61 Å². The topological polar surface area (TPSA) is 29.5 Å². The van der Waals surface area contributed by atoms with E-state index in [-0.39, 0.29) is 18.1 Å². The lowest BCUT2D eigenvalue weighted by molar-refractivity contribution is 0.0866. The fourth-order valence-electron chi connectivity index (χ4n) is 2.03. The summed E-state index contributed by atoms with van der Waals surface area (Å²) in [5.41, 5.74) is 2.43. The molecule has 1 atom stereocenters. The molecule has 0 aliphatic carbocycles. The molecule has 19 heavy (non-hydrogen) atoms. The summed E-state index contributed by atoms with van der Waals surface area (Å²) in [4.78, 5) is 0. The van der Waals surface area contributed by atoms with Crippen molar-refractivity contribution in [1.82, 2.24) is 0 Å². The van der Waals surface area contributed by atoms with Crippen molar-refractivity contribution >= 4 is 15.1 Å². The summed E-state index contributed by atoms with van der Waals surface area (Å²) in [6.07, 6.45) is 3.82. The minimum atomic E-state index is -1.08. The first-order valence-electron chi connectivity index (χ1n) is 6.87. The quantitative estimate of drug-likeness (QED) is 0.831. The Morgan fingerprint density at radius 2 is 1.79 bits per heavy atom. The molecule has 1 rings (SSSR count). The van der Waals surface area contributed by atoms with Crippen molar-refractivity contribution in [2.24, 2.45) is 5.41 Å². The van der Waals surface area contributed by atoms with Gasteiger partial charge in [-0.15, -0.1) is 0 Å². The summed E-state index contributed by atoms with van der Waals surface area (Å²) in [6, 6.07) is 8.41. The second-order valence-electron chi connectivity index (χ2n) is 6.18. The molecule has 0 aliphatic heterocycles. The van der Waals surface area contributed by atoms with Crippen LogP contribution >= 0.6 is 0 Å². The lowest BCUT2D eigenvalue weighted by Crippen LogP contribution is -2.25. The number of benzene rings is 1. The van der Waals surface area contributed by atoms with Crippen LogP contribution in [0.2, 0.25) is 13.1 Å². The van der Waals surface area contributed by atoms with Gasteiger partial charge in [-0.1, -0.05) is 57.2 Å². The van der Waals surface area contributed by atoms with Gasteiger partial charge in [-0.25, -0.2) is 0 Å². The molecule has 0 spiro atoms. The van der Waals surface area contributed by atoms with Crippen LogP contribution in [0.4, 0.5) is 0 Å². The van der Waals surface area contributed by atoms with Crippen molar-refractivity contribution in [3.05, 3.63) is 41.5 Å². The van der Waals surface area contributed by atoms with E-state index in [1.807, 2.05) is 6.08 Å². The highest BCUT2D eigenvalue weighted by Gasteiger charge is 2.27. The lowest BCUT2D eigenvalue weighted by atomic mass is 9.84. The highest BCUT2D eigenvalue weighted by atomic mass is 28.3. The number of aliphatic hydroxyl groups excluding tert-OH is 1. The van der Waals surface area contributed by atoms with E-state index in [9.17, 15) is 0 Å². The van der Waals surface area contributed by atoms with Crippen LogP contribution in [-0.2, 0) is 4.43 Å². The molecular weight excluding hydrogens is 252 g/mol. The first-order chi connectivity index (χ1) is 8.84. The highest BCUT2D eigenvalue weighted by molar-refractivity contribution is 6.48. The number of hydrogen-bond donors (Lipinski definition) is 1. The molecule has 1 aromatic carbocycles. The minimum Gasteiger partial charge on any atom is -0.413 e. The molecule has 3 heteroatoms. The van der Waals surface area contributed by atoms with Crippen molar-refractivity contribution < 1.29 is 9.53 Å². The van der Waals surface area contributed by atoms with Gasteiger partial charge < -0.3 is 9.53 Å². The largest absolute Gasteiger partial charge is 0.413 e. The molecule has 0 bridgehead atoms. The van der Waals surface area contributed by atoms with Crippen LogP contribution < -0.4 is 0 Å². The summed E-state index contributed by atoms with van der Waals surface area (Å²) >= 11 is 0. The van der Waals surface area contributed by atoms with Gasteiger partial charge in [0.1, 0.15) is 0 Å². The fraction of sp³-hybridized carbons (Fsp3) is 0.500. The molecule has 0 radical (unpaired) electrons. The normalized spacial score (nSPS) is 14.3. The number of hydrogen-bond acceptors (Lipinski definition) is 2. The monoisotopic (exact) mass is 278 g/mol. The third kappa shape index (κ3) is 5.31. The fourth-order valence-corrected chi connectivity index (χ4v) is 3.14. The van der Waals surface area contributed by atoms with Gasteiger partial charge in [0, 0.05) is 0 Å². The average Bonchev–Trinajstić information content (AvgIpc) is 2.33. The van der Waals surface area contributed by atoms with E-state index < -0.39 is 9.04 Å². The Bertz CT molecular complexity index is 402. The van der Waals surface area contributed by atoms with E-state index in [0.717, 1.165) is 5.56 Å². The maximum atomic E-state index is 8.77. The van der Waals surface area contributed by atoms with Gasteiger partial charge in [-0.05, 0) is 29.6 Å². The Hall–Kier alpha value is -0.903. The predicted octanol–water partition coefficient (Wildman–Crippen LogP) is 3.78. The van der Waals surface area contributed by atoms with E-state index in [1.165, 1.54) is 5.56 Å². The van der Waals surface area contributed by atoms with Gasteiger partial charge in [-0.2, -0.15) is 0 Å². The van der Waals surface area contributed by atoms with Crippen LogP contribution in [0.1, 0.15) is 38.0 Å². The van der Waals surface area contributed by atoms with Crippen molar-refractivity contribution in [3.8, 4) is 0 Å². The zero-order chi connectivity index (χ0) is 14.5.